The molecule has 0 aromatic heterocycles. The lowest BCUT2D eigenvalue weighted by Crippen LogP contribution is -2.51. The van der Waals surface area contributed by atoms with Gasteiger partial charge in [0.05, 0.1) is 0 Å². The van der Waals surface area contributed by atoms with Crippen molar-refractivity contribution in [2.24, 2.45) is 5.92 Å². The number of piperazine rings is 1. The predicted octanol–water partition coefficient (Wildman–Crippen LogP) is 1.49. The molecule has 2 saturated heterocycles. The highest BCUT2D eigenvalue weighted by Crippen LogP contribution is 2.17. The van der Waals surface area contributed by atoms with E-state index in [1.54, 1.807) is 0 Å². The lowest BCUT2D eigenvalue weighted by molar-refractivity contribution is 0.0477. The Morgan fingerprint density at radius 2 is 2.12 bits per heavy atom. The molecule has 94 valence electrons. The molecule has 0 aromatic rings. The van der Waals surface area contributed by atoms with Crippen LogP contribution in [0.2, 0.25) is 0 Å². The number of nitrogens with zero attached hydrogens (tertiary/aromatic N) is 1. The second-order valence-corrected chi connectivity index (χ2v) is 5.26. The van der Waals surface area contributed by atoms with E-state index >= 15 is 0 Å². The third-order valence-electron chi connectivity index (χ3n) is 3.83. The van der Waals surface area contributed by atoms with Crippen molar-refractivity contribution in [1.82, 2.24) is 10.2 Å². The van der Waals surface area contributed by atoms with Crippen LogP contribution in [-0.4, -0.2) is 50.3 Å². The number of hydrogen-bond donors (Lipinski definition) is 1. The maximum Gasteiger partial charge on any atom is 0.0469 e. The van der Waals surface area contributed by atoms with E-state index in [1.807, 2.05) is 0 Å². The lowest BCUT2D eigenvalue weighted by atomic mass is 9.98. The van der Waals surface area contributed by atoms with Gasteiger partial charge >= 0.3 is 0 Å². The van der Waals surface area contributed by atoms with Crippen molar-refractivity contribution in [2.75, 3.05) is 39.4 Å². The quantitative estimate of drug-likeness (QED) is 0.786. The molecule has 0 saturated carbocycles. The molecule has 2 aliphatic rings. The Hall–Kier alpha value is -0.120. The summed E-state index contributed by atoms with van der Waals surface area (Å²) in [5.74, 6) is 0.883. The zero-order valence-corrected chi connectivity index (χ0v) is 10.6. The zero-order valence-electron chi connectivity index (χ0n) is 10.6. The van der Waals surface area contributed by atoms with Gasteiger partial charge in [-0.25, -0.2) is 0 Å². The van der Waals surface area contributed by atoms with Crippen LogP contribution in [0.1, 0.15) is 32.6 Å². The van der Waals surface area contributed by atoms with E-state index in [2.05, 4.69) is 17.1 Å². The Bertz CT molecular complexity index is 190. The van der Waals surface area contributed by atoms with Crippen LogP contribution in [-0.2, 0) is 4.74 Å². The Labute approximate surface area is 99.5 Å². The molecule has 0 radical (unpaired) electrons. The van der Waals surface area contributed by atoms with Gasteiger partial charge in [0.1, 0.15) is 0 Å². The number of nitrogens with one attached hydrogen (secondary N) is 1. The van der Waals surface area contributed by atoms with Gasteiger partial charge in [-0.2, -0.15) is 0 Å². The molecule has 1 N–H and O–H groups in total. The van der Waals surface area contributed by atoms with Crippen LogP contribution in [0.3, 0.4) is 0 Å². The molecule has 0 spiro atoms. The highest BCUT2D eigenvalue weighted by molar-refractivity contribution is 4.80. The Balaban J connectivity index is 1.71. The van der Waals surface area contributed by atoms with Crippen molar-refractivity contribution in [1.29, 1.82) is 0 Å². The summed E-state index contributed by atoms with van der Waals surface area (Å²) in [7, 11) is 0. The molecule has 0 bridgehead atoms. The molecule has 3 nitrogen and oxygen atoms in total. The van der Waals surface area contributed by atoms with Crippen LogP contribution >= 0.6 is 0 Å². The molecule has 0 amide bonds. The van der Waals surface area contributed by atoms with Crippen molar-refractivity contribution >= 4 is 0 Å². The minimum absolute atomic E-state index is 0.735. The van der Waals surface area contributed by atoms with Gasteiger partial charge < -0.3 is 15.0 Å². The highest BCUT2D eigenvalue weighted by atomic mass is 16.5. The van der Waals surface area contributed by atoms with E-state index in [-0.39, 0.29) is 0 Å². The molecule has 2 heterocycles. The van der Waals surface area contributed by atoms with Crippen molar-refractivity contribution in [3.8, 4) is 0 Å². The summed E-state index contributed by atoms with van der Waals surface area (Å²) in [5, 5.41) is 3.62. The Morgan fingerprint density at radius 1 is 1.31 bits per heavy atom. The van der Waals surface area contributed by atoms with E-state index < -0.39 is 0 Å². The van der Waals surface area contributed by atoms with Gasteiger partial charge in [-0.3, -0.25) is 0 Å². The number of ether oxygens (including phenoxy) is 1. The molecule has 3 heteroatoms. The summed E-state index contributed by atoms with van der Waals surface area (Å²) < 4.78 is 5.42. The average Bonchev–Trinajstić information content (AvgIpc) is 2.31. The second-order valence-electron chi connectivity index (χ2n) is 5.26. The fourth-order valence-corrected chi connectivity index (χ4v) is 2.90. The first-order chi connectivity index (χ1) is 7.88. The van der Waals surface area contributed by atoms with E-state index in [9.17, 15) is 0 Å². The van der Waals surface area contributed by atoms with Crippen LogP contribution in [0.5, 0.6) is 0 Å². The van der Waals surface area contributed by atoms with Gasteiger partial charge in [-0.05, 0) is 25.2 Å². The van der Waals surface area contributed by atoms with Crippen molar-refractivity contribution < 1.29 is 4.74 Å². The fraction of sp³-hybridized carbons (Fsp3) is 1.00. The van der Waals surface area contributed by atoms with Gasteiger partial charge in [0, 0.05) is 45.4 Å². The first-order valence-electron chi connectivity index (χ1n) is 6.92. The summed E-state index contributed by atoms with van der Waals surface area (Å²) in [6.45, 7) is 9.20. The molecular formula is C13H26N2O. The Morgan fingerprint density at radius 3 is 2.88 bits per heavy atom. The fourth-order valence-electron chi connectivity index (χ4n) is 2.90. The summed E-state index contributed by atoms with van der Waals surface area (Å²) in [6, 6.07) is 0.735. The molecule has 2 rings (SSSR count). The first-order valence-corrected chi connectivity index (χ1v) is 6.92. The van der Waals surface area contributed by atoms with Crippen molar-refractivity contribution in [2.45, 2.75) is 38.6 Å². The summed E-state index contributed by atoms with van der Waals surface area (Å²) in [6.07, 6.45) is 5.15. The molecule has 1 atom stereocenters. The van der Waals surface area contributed by atoms with Crippen LogP contribution in [0.25, 0.3) is 0 Å². The maximum absolute atomic E-state index is 5.42. The smallest absolute Gasteiger partial charge is 0.0469 e. The summed E-state index contributed by atoms with van der Waals surface area (Å²) in [5.41, 5.74) is 0. The van der Waals surface area contributed by atoms with Gasteiger partial charge in [-0.1, -0.05) is 13.3 Å². The maximum atomic E-state index is 5.42. The monoisotopic (exact) mass is 226 g/mol. The topological polar surface area (TPSA) is 24.5 Å². The standard InChI is InChI=1S/C13H26N2O/c1-2-3-13-11-15(7-6-14-13)10-12-4-8-16-9-5-12/h12-14H,2-11H2,1H3. The lowest BCUT2D eigenvalue weighted by Gasteiger charge is -2.36. The normalized spacial score (nSPS) is 29.4. The van der Waals surface area contributed by atoms with Crippen LogP contribution in [0.15, 0.2) is 0 Å². The average molecular weight is 226 g/mol. The van der Waals surface area contributed by atoms with E-state index in [0.717, 1.165) is 25.2 Å². The van der Waals surface area contributed by atoms with Crippen LogP contribution in [0, 0.1) is 5.92 Å². The molecule has 0 aliphatic carbocycles. The van der Waals surface area contributed by atoms with E-state index in [0.29, 0.717) is 0 Å². The molecule has 2 aliphatic heterocycles. The molecular weight excluding hydrogens is 200 g/mol. The SMILES string of the molecule is CCCC1CN(CC2CCOCC2)CCN1. The number of hydrogen-bond acceptors (Lipinski definition) is 3. The third-order valence-corrected chi connectivity index (χ3v) is 3.83. The second kappa shape index (κ2) is 6.58. The van der Waals surface area contributed by atoms with Gasteiger partial charge in [-0.15, -0.1) is 0 Å². The third kappa shape index (κ3) is 3.72. The first kappa shape index (κ1) is 12.3. The van der Waals surface area contributed by atoms with Gasteiger partial charge in [0.15, 0.2) is 0 Å². The molecule has 2 fully saturated rings. The van der Waals surface area contributed by atoms with E-state index in [1.165, 1.54) is 51.9 Å². The highest BCUT2D eigenvalue weighted by Gasteiger charge is 2.22. The molecule has 16 heavy (non-hydrogen) atoms. The minimum atomic E-state index is 0.735. The number of rotatable bonds is 4. The molecule has 0 aromatic carbocycles. The van der Waals surface area contributed by atoms with Crippen molar-refractivity contribution in [3.63, 3.8) is 0 Å². The van der Waals surface area contributed by atoms with Crippen LogP contribution < -0.4 is 5.32 Å². The minimum Gasteiger partial charge on any atom is -0.381 e. The van der Waals surface area contributed by atoms with Gasteiger partial charge in [0.2, 0.25) is 0 Å². The largest absolute Gasteiger partial charge is 0.381 e. The predicted molar refractivity (Wildman–Crippen MR) is 66.7 cm³/mol. The Kier molecular flexibility index (Phi) is 5.07. The van der Waals surface area contributed by atoms with Crippen LogP contribution in [0.4, 0.5) is 0 Å². The van der Waals surface area contributed by atoms with E-state index in [4.69, 9.17) is 4.74 Å². The van der Waals surface area contributed by atoms with Crippen molar-refractivity contribution in [3.05, 3.63) is 0 Å². The molecule has 1 unspecified atom stereocenters. The van der Waals surface area contributed by atoms with Gasteiger partial charge in [0.25, 0.3) is 0 Å². The summed E-state index contributed by atoms with van der Waals surface area (Å²) >= 11 is 0. The zero-order chi connectivity index (χ0) is 11.2. The summed E-state index contributed by atoms with van der Waals surface area (Å²) in [4.78, 5) is 2.66.